The minimum Gasteiger partial charge on any atom is -0.462 e. The van der Waals surface area contributed by atoms with Crippen LogP contribution in [-0.2, 0) is 65.4 Å². The summed E-state index contributed by atoms with van der Waals surface area (Å²) in [5.41, 5.74) is 0. The van der Waals surface area contributed by atoms with Gasteiger partial charge in [0, 0.05) is 25.7 Å². The van der Waals surface area contributed by atoms with E-state index in [2.05, 4.69) is 174 Å². The summed E-state index contributed by atoms with van der Waals surface area (Å²) in [6.45, 7) is 4.35. The van der Waals surface area contributed by atoms with Gasteiger partial charge >= 0.3 is 39.5 Å². The van der Waals surface area contributed by atoms with E-state index in [1.165, 1.54) is 51.4 Å². The van der Waals surface area contributed by atoms with Crippen LogP contribution in [0, 0.1) is 0 Å². The number of unbranched alkanes of at least 4 members (excludes halogenated alkanes) is 19. The molecule has 0 aromatic heterocycles. The number of hydrogen-bond donors (Lipinski definition) is 3. The third-order valence-corrected chi connectivity index (χ3v) is 18.3. The highest BCUT2D eigenvalue weighted by Crippen LogP contribution is 2.45. The lowest BCUT2D eigenvalue weighted by Gasteiger charge is -2.21. The van der Waals surface area contributed by atoms with E-state index in [1.54, 1.807) is 0 Å². The second kappa shape index (κ2) is 79.3. The lowest BCUT2D eigenvalue weighted by molar-refractivity contribution is -0.161. The van der Waals surface area contributed by atoms with Gasteiger partial charge in [0.1, 0.15) is 19.3 Å². The summed E-state index contributed by atoms with van der Waals surface area (Å²) in [5.74, 6) is -2.39. The topological polar surface area (TPSA) is 237 Å². The number of aliphatic hydroxyl groups is 1. The fourth-order valence-corrected chi connectivity index (χ4v) is 11.9. The first-order valence-electron chi connectivity index (χ1n) is 41.0. The molecular weight excluding hydrogens is 1400 g/mol. The summed E-state index contributed by atoms with van der Waals surface area (Å²) < 4.78 is 68.5. The zero-order valence-electron chi connectivity index (χ0n) is 66.9. The van der Waals surface area contributed by atoms with Crippen molar-refractivity contribution in [1.29, 1.82) is 0 Å². The van der Waals surface area contributed by atoms with Gasteiger partial charge in [-0.2, -0.15) is 0 Å². The van der Waals surface area contributed by atoms with Crippen molar-refractivity contribution in [2.45, 2.75) is 316 Å². The summed E-state index contributed by atoms with van der Waals surface area (Å²) in [4.78, 5) is 73.1. The molecule has 19 heteroatoms. The van der Waals surface area contributed by atoms with E-state index in [0.29, 0.717) is 38.5 Å². The Hall–Kier alpha value is -5.84. The Morgan fingerprint density at radius 1 is 0.269 bits per heavy atom. The zero-order chi connectivity index (χ0) is 78.9. The molecule has 0 aliphatic carbocycles. The molecule has 0 heterocycles. The number of phosphoric ester groups is 2. The van der Waals surface area contributed by atoms with E-state index in [-0.39, 0.29) is 25.7 Å². The summed E-state index contributed by atoms with van der Waals surface area (Å²) in [7, 11) is -10.0. The average molecular weight is 1550 g/mol. The predicted molar refractivity (Wildman–Crippen MR) is 445 cm³/mol. The third-order valence-electron chi connectivity index (χ3n) is 16.4. The second-order valence-electron chi connectivity index (χ2n) is 26.6. The lowest BCUT2D eigenvalue weighted by atomic mass is 10.0. The molecule has 5 unspecified atom stereocenters. The van der Waals surface area contributed by atoms with Crippen LogP contribution in [-0.4, -0.2) is 96.7 Å². The quantitative estimate of drug-likeness (QED) is 0.0169. The highest BCUT2D eigenvalue weighted by molar-refractivity contribution is 7.47. The van der Waals surface area contributed by atoms with Crippen LogP contribution < -0.4 is 0 Å². The number of aliphatic hydroxyl groups excluding tert-OH is 1. The van der Waals surface area contributed by atoms with E-state index >= 15 is 0 Å². The van der Waals surface area contributed by atoms with Gasteiger partial charge in [-0.05, 0) is 135 Å². The Balaban J connectivity index is 5.50. The average Bonchev–Trinajstić information content (AvgIpc) is 0.886. The van der Waals surface area contributed by atoms with Gasteiger partial charge in [0.2, 0.25) is 0 Å². The number of phosphoric acid groups is 2. The third kappa shape index (κ3) is 78.3. The zero-order valence-corrected chi connectivity index (χ0v) is 68.7. The van der Waals surface area contributed by atoms with Crippen LogP contribution in [0.2, 0.25) is 0 Å². The van der Waals surface area contributed by atoms with Crippen LogP contribution in [0.3, 0.4) is 0 Å². The summed E-state index contributed by atoms with van der Waals surface area (Å²) in [5, 5.41) is 10.7. The number of rotatable bonds is 75. The Labute approximate surface area is 654 Å². The molecule has 0 saturated carbocycles. The molecular formula is C89H144O17P2. The summed E-state index contributed by atoms with van der Waals surface area (Å²) >= 11 is 0. The standard InChI is InChI=1S/C89H144O17P2/c1-5-9-13-17-21-25-29-33-36-39-41-44-46-50-53-57-61-65-69-73-86(91)99-79-84(105-88(93)75-71-67-63-59-55-49-32-28-24-20-16-12-8-4)81-103-107(95,96)101-77-83(90)78-102-108(97,98)104-82-85(106-89(94)76-72-68-64-60-56-52-48-43-38-35-31-27-23-19-15-11-7-3)80-100-87(92)74-70-66-62-58-54-51-47-45-42-40-37-34-30-26-22-18-14-10-6-2/h9-11,13-15,21-23,25-27,33-38,41-42,44-45,50-51,53-54,61-62,65-66,83-85,90H,5-8,12,16-20,24,28-32,39-40,43,46-49,52,55-60,63-64,67-82H2,1-4H3,(H,95,96)(H,97,98)/b13-9-,14-10-,15-11-,25-21-,26-22-,27-23-,36-33-,37-34-,38-35-,44-41-,45-42-,53-50-,54-51-,65-61-,66-62-. The summed E-state index contributed by atoms with van der Waals surface area (Å²) in [6.07, 6.45) is 96.1. The molecule has 0 saturated heterocycles. The van der Waals surface area contributed by atoms with Gasteiger partial charge in [-0.25, -0.2) is 9.13 Å². The van der Waals surface area contributed by atoms with E-state index in [1.807, 2.05) is 36.5 Å². The molecule has 17 nitrogen and oxygen atoms in total. The lowest BCUT2D eigenvalue weighted by Crippen LogP contribution is -2.30. The number of carbonyl (C=O) groups excluding carboxylic acids is 4. The Bertz CT molecular complexity index is 2760. The van der Waals surface area contributed by atoms with Crippen molar-refractivity contribution in [2.75, 3.05) is 39.6 Å². The maximum absolute atomic E-state index is 13.1. The fourth-order valence-electron chi connectivity index (χ4n) is 10.3. The normalized spacial score (nSPS) is 14.8. The molecule has 0 radical (unpaired) electrons. The van der Waals surface area contributed by atoms with Crippen molar-refractivity contribution in [2.24, 2.45) is 0 Å². The molecule has 0 aliphatic rings. The number of allylic oxidation sites excluding steroid dienone is 30. The van der Waals surface area contributed by atoms with Crippen molar-refractivity contribution < 1.29 is 80.2 Å². The van der Waals surface area contributed by atoms with Crippen LogP contribution in [0.5, 0.6) is 0 Å². The molecule has 0 rings (SSSR count). The van der Waals surface area contributed by atoms with Gasteiger partial charge in [-0.3, -0.25) is 37.3 Å². The second-order valence-corrected chi connectivity index (χ2v) is 29.5. The molecule has 612 valence electrons. The van der Waals surface area contributed by atoms with Crippen molar-refractivity contribution in [1.82, 2.24) is 0 Å². The predicted octanol–water partition coefficient (Wildman–Crippen LogP) is 24.3. The van der Waals surface area contributed by atoms with Crippen LogP contribution in [0.25, 0.3) is 0 Å². The maximum atomic E-state index is 13.1. The smallest absolute Gasteiger partial charge is 0.462 e. The van der Waals surface area contributed by atoms with Crippen LogP contribution >= 0.6 is 15.6 Å². The highest BCUT2D eigenvalue weighted by Gasteiger charge is 2.30. The van der Waals surface area contributed by atoms with E-state index in [0.717, 1.165) is 154 Å². The van der Waals surface area contributed by atoms with Gasteiger partial charge in [-0.15, -0.1) is 0 Å². The van der Waals surface area contributed by atoms with Crippen LogP contribution in [0.15, 0.2) is 182 Å². The van der Waals surface area contributed by atoms with Gasteiger partial charge in [0.25, 0.3) is 0 Å². The van der Waals surface area contributed by atoms with Gasteiger partial charge in [0.05, 0.1) is 26.4 Å². The molecule has 0 aromatic rings. The molecule has 108 heavy (non-hydrogen) atoms. The number of hydrogen-bond acceptors (Lipinski definition) is 15. The minimum absolute atomic E-state index is 0.0264. The number of esters is 4. The van der Waals surface area contributed by atoms with Gasteiger partial charge < -0.3 is 33.8 Å². The fraction of sp³-hybridized carbons (Fsp3) is 0.618. The Kier molecular flexibility index (Phi) is 75.0. The largest absolute Gasteiger partial charge is 0.472 e. The molecule has 0 amide bonds. The first kappa shape index (κ1) is 102. The van der Waals surface area contributed by atoms with Gasteiger partial charge in [-0.1, -0.05) is 319 Å². The van der Waals surface area contributed by atoms with E-state index < -0.39 is 97.5 Å². The maximum Gasteiger partial charge on any atom is 0.472 e. The highest BCUT2D eigenvalue weighted by atomic mass is 31.2. The van der Waals surface area contributed by atoms with Crippen LogP contribution in [0.4, 0.5) is 0 Å². The first-order valence-corrected chi connectivity index (χ1v) is 44.0. The Morgan fingerprint density at radius 2 is 0.500 bits per heavy atom. The van der Waals surface area contributed by atoms with Crippen molar-refractivity contribution in [3.05, 3.63) is 182 Å². The van der Waals surface area contributed by atoms with E-state index in [4.69, 9.17) is 37.0 Å². The van der Waals surface area contributed by atoms with Crippen molar-refractivity contribution in [3.63, 3.8) is 0 Å². The van der Waals surface area contributed by atoms with Crippen molar-refractivity contribution >= 4 is 39.5 Å². The molecule has 0 spiro atoms. The van der Waals surface area contributed by atoms with Crippen molar-refractivity contribution in [3.8, 4) is 0 Å². The summed E-state index contributed by atoms with van der Waals surface area (Å²) in [6, 6.07) is 0. The Morgan fingerprint density at radius 3 is 0.778 bits per heavy atom. The molecule has 5 atom stereocenters. The number of ether oxygens (including phenoxy) is 4. The molecule has 0 fully saturated rings. The first-order chi connectivity index (χ1) is 52.7. The molecule has 3 N–H and O–H groups in total. The molecule has 0 aromatic carbocycles. The minimum atomic E-state index is -5.01. The molecule has 0 bridgehead atoms. The number of carbonyl (C=O) groups is 4. The monoisotopic (exact) mass is 1550 g/mol. The van der Waals surface area contributed by atoms with Crippen LogP contribution in [0.1, 0.15) is 297 Å². The van der Waals surface area contributed by atoms with E-state index in [9.17, 15) is 43.2 Å². The van der Waals surface area contributed by atoms with Gasteiger partial charge in [0.15, 0.2) is 12.2 Å². The SMILES string of the molecule is CC/C=C\C/C=C\C/C=C\C/C=C\C/C=C\C/C=C\CCC(=O)OCC(COP(=O)(O)OCC(O)COP(=O)(O)OCC(COC(=O)CC/C=C\C/C=C\C/C=C\C/C=C\C/C=C\C/C=C\CC)OC(=O)CCCCCCCCCCCCCCC)OC(=O)CCCCCCCCC/C=C\C/C=C\C/C=C\CC. The molecule has 0 aliphatic heterocycles.